The summed E-state index contributed by atoms with van der Waals surface area (Å²) in [5.74, 6) is 1.36. The summed E-state index contributed by atoms with van der Waals surface area (Å²) < 4.78 is 12.0. The van der Waals surface area contributed by atoms with Crippen LogP contribution in [-0.4, -0.2) is 49.1 Å². The van der Waals surface area contributed by atoms with Crippen molar-refractivity contribution in [3.05, 3.63) is 87.9 Å². The first-order valence-corrected chi connectivity index (χ1v) is 15.6. The number of likely N-dealkylation sites (tertiary alicyclic amines) is 1. The van der Waals surface area contributed by atoms with Crippen molar-refractivity contribution >= 4 is 29.1 Å². The van der Waals surface area contributed by atoms with Crippen LogP contribution < -0.4 is 19.7 Å². The van der Waals surface area contributed by atoms with Gasteiger partial charge in [-0.2, -0.15) is 0 Å². The van der Waals surface area contributed by atoms with Gasteiger partial charge in [0.05, 0.1) is 25.7 Å². The zero-order valence-corrected chi connectivity index (χ0v) is 26.5. The molecule has 5 rings (SSSR count). The van der Waals surface area contributed by atoms with Crippen molar-refractivity contribution in [2.24, 2.45) is 0 Å². The topological polar surface area (TPSA) is 71.1 Å². The molecule has 0 radical (unpaired) electrons. The average molecular weight is 604 g/mol. The summed E-state index contributed by atoms with van der Waals surface area (Å²) >= 11 is 6.27. The summed E-state index contributed by atoms with van der Waals surface area (Å²) in [6.45, 7) is 9.79. The number of nitrogens with one attached hydrogen (secondary N) is 1. The molecule has 2 amide bonds. The molecule has 1 N–H and O–H groups in total. The third-order valence-electron chi connectivity index (χ3n) is 8.82. The van der Waals surface area contributed by atoms with E-state index in [1.54, 1.807) is 14.0 Å². The number of piperidine rings is 1. The Hall–Kier alpha value is -3.55. The lowest BCUT2D eigenvalue weighted by Gasteiger charge is -2.39. The van der Waals surface area contributed by atoms with Crippen LogP contribution in [0.5, 0.6) is 11.5 Å². The molecular formula is C35H42ClN3O4. The summed E-state index contributed by atoms with van der Waals surface area (Å²) in [4.78, 5) is 29.7. The molecule has 8 heteroatoms. The number of benzene rings is 3. The van der Waals surface area contributed by atoms with E-state index in [0.29, 0.717) is 16.5 Å². The van der Waals surface area contributed by atoms with E-state index in [-0.39, 0.29) is 42.5 Å². The summed E-state index contributed by atoms with van der Waals surface area (Å²) in [6, 6.07) is 20.2. The number of carbonyl (C=O) groups excluding carboxylic acids is 2. The zero-order valence-electron chi connectivity index (χ0n) is 25.7. The van der Waals surface area contributed by atoms with Gasteiger partial charge in [0.2, 0.25) is 11.8 Å². The minimum atomic E-state index is -0.352. The number of nitrogens with zero attached hydrogens (tertiary/aromatic N) is 2. The van der Waals surface area contributed by atoms with Crippen molar-refractivity contribution in [1.29, 1.82) is 0 Å². The Morgan fingerprint density at radius 2 is 1.70 bits per heavy atom. The van der Waals surface area contributed by atoms with E-state index in [9.17, 15) is 9.59 Å². The van der Waals surface area contributed by atoms with E-state index in [1.807, 2.05) is 48.2 Å². The molecule has 3 aromatic carbocycles. The molecule has 0 saturated carbocycles. The number of carbonyl (C=O) groups is 2. The maximum Gasteiger partial charge on any atom is 0.232 e. The predicted octanol–water partition coefficient (Wildman–Crippen LogP) is 6.87. The fraction of sp³-hybridized carbons (Fsp3) is 0.429. The molecule has 43 heavy (non-hydrogen) atoms. The highest BCUT2D eigenvalue weighted by Gasteiger charge is 2.36. The second kappa shape index (κ2) is 13.4. The van der Waals surface area contributed by atoms with E-state index in [1.165, 1.54) is 5.56 Å². The van der Waals surface area contributed by atoms with Crippen LogP contribution in [-0.2, 0) is 16.0 Å². The standard InChI is InChI=1S/C35H42ClN3O4/c1-6-22(2)43-33-21-31-27(19-32(33)42-5)20-34(41)39(35(31)26-7-11-28(36)12-8-26)30-13-9-25(10-14-30)23(3)38-17-15-29(16-18-38)37-24(4)40/h7-14,19,21-23,29,35H,6,15-18,20H2,1-5H3,(H,37,40)/t22-,23?,35?/m1/s1. The first-order chi connectivity index (χ1) is 20.7. The minimum Gasteiger partial charge on any atom is -0.493 e. The van der Waals surface area contributed by atoms with Crippen LogP contribution >= 0.6 is 11.6 Å². The smallest absolute Gasteiger partial charge is 0.232 e. The van der Waals surface area contributed by atoms with E-state index >= 15 is 0 Å². The minimum absolute atomic E-state index is 0.0194. The van der Waals surface area contributed by atoms with E-state index in [0.717, 1.165) is 54.7 Å². The largest absolute Gasteiger partial charge is 0.493 e. The number of ether oxygens (including phenoxy) is 2. The number of rotatable bonds is 9. The lowest BCUT2D eigenvalue weighted by molar-refractivity contribution is -0.120. The van der Waals surface area contributed by atoms with Gasteiger partial charge in [-0.05, 0) is 91.8 Å². The van der Waals surface area contributed by atoms with Crippen LogP contribution in [0.1, 0.15) is 81.3 Å². The molecule has 0 aliphatic carbocycles. The van der Waals surface area contributed by atoms with Crippen LogP contribution in [0.4, 0.5) is 5.69 Å². The van der Waals surface area contributed by atoms with Crippen molar-refractivity contribution < 1.29 is 19.1 Å². The van der Waals surface area contributed by atoms with Crippen LogP contribution in [0.15, 0.2) is 60.7 Å². The molecule has 0 bridgehead atoms. The molecule has 0 spiro atoms. The molecule has 228 valence electrons. The van der Waals surface area contributed by atoms with E-state index in [4.69, 9.17) is 21.1 Å². The van der Waals surface area contributed by atoms with Crippen molar-refractivity contribution in [2.75, 3.05) is 25.1 Å². The Bertz CT molecular complexity index is 1430. The average Bonchev–Trinajstić information content (AvgIpc) is 3.00. The van der Waals surface area contributed by atoms with Gasteiger partial charge in [-0.15, -0.1) is 0 Å². The summed E-state index contributed by atoms with van der Waals surface area (Å²) in [5.41, 5.74) is 4.96. The first kappa shape index (κ1) is 30.9. The van der Waals surface area contributed by atoms with Gasteiger partial charge in [-0.3, -0.25) is 14.5 Å². The Morgan fingerprint density at radius 3 is 2.30 bits per heavy atom. The van der Waals surface area contributed by atoms with Gasteiger partial charge in [0.25, 0.3) is 0 Å². The predicted molar refractivity (Wildman–Crippen MR) is 171 cm³/mol. The summed E-state index contributed by atoms with van der Waals surface area (Å²) in [7, 11) is 1.63. The molecule has 3 atom stereocenters. The molecule has 1 saturated heterocycles. The fourth-order valence-electron chi connectivity index (χ4n) is 6.22. The van der Waals surface area contributed by atoms with Crippen molar-refractivity contribution in [3.8, 4) is 11.5 Å². The number of anilines is 1. The normalized spacial score (nSPS) is 19.0. The lowest BCUT2D eigenvalue weighted by Crippen LogP contribution is -2.44. The van der Waals surface area contributed by atoms with Crippen molar-refractivity contribution in [2.45, 2.75) is 77.6 Å². The zero-order chi connectivity index (χ0) is 30.7. The molecule has 7 nitrogen and oxygen atoms in total. The maximum atomic E-state index is 13.9. The van der Waals surface area contributed by atoms with Crippen LogP contribution in [0, 0.1) is 0 Å². The second-order valence-corrected chi connectivity index (χ2v) is 12.1. The highest BCUT2D eigenvalue weighted by Crippen LogP contribution is 2.44. The summed E-state index contributed by atoms with van der Waals surface area (Å²) in [5, 5.41) is 3.70. The van der Waals surface area contributed by atoms with Gasteiger partial charge < -0.3 is 19.7 Å². The number of amides is 2. The number of methoxy groups -OCH3 is 1. The highest BCUT2D eigenvalue weighted by molar-refractivity contribution is 6.30. The first-order valence-electron chi connectivity index (χ1n) is 15.2. The van der Waals surface area contributed by atoms with Crippen LogP contribution in [0.2, 0.25) is 5.02 Å². The third kappa shape index (κ3) is 6.84. The molecular weight excluding hydrogens is 562 g/mol. The van der Waals surface area contributed by atoms with Crippen molar-refractivity contribution in [1.82, 2.24) is 10.2 Å². The number of hydrogen-bond acceptors (Lipinski definition) is 5. The Kier molecular flexibility index (Phi) is 9.62. The Morgan fingerprint density at radius 1 is 1.02 bits per heavy atom. The maximum absolute atomic E-state index is 13.9. The fourth-order valence-corrected chi connectivity index (χ4v) is 6.34. The molecule has 3 aromatic rings. The Balaban J connectivity index is 1.46. The van der Waals surface area contributed by atoms with Gasteiger partial charge in [0.15, 0.2) is 11.5 Å². The van der Waals surface area contributed by atoms with Crippen LogP contribution in [0.25, 0.3) is 0 Å². The molecule has 0 aromatic heterocycles. The van der Waals surface area contributed by atoms with Crippen molar-refractivity contribution in [3.63, 3.8) is 0 Å². The quantitative estimate of drug-likeness (QED) is 0.289. The number of halogens is 1. The van der Waals surface area contributed by atoms with Crippen LogP contribution in [0.3, 0.4) is 0 Å². The van der Waals surface area contributed by atoms with Gasteiger partial charge >= 0.3 is 0 Å². The Labute approximate surface area is 260 Å². The molecule has 2 aliphatic rings. The van der Waals surface area contributed by atoms with Gasteiger partial charge in [0, 0.05) is 42.8 Å². The van der Waals surface area contributed by atoms with E-state index in [2.05, 4.69) is 48.3 Å². The second-order valence-electron chi connectivity index (χ2n) is 11.7. The lowest BCUT2D eigenvalue weighted by atomic mass is 9.86. The molecule has 1 fully saturated rings. The molecule has 2 heterocycles. The third-order valence-corrected chi connectivity index (χ3v) is 9.07. The molecule has 2 aliphatic heterocycles. The monoisotopic (exact) mass is 603 g/mol. The van der Waals surface area contributed by atoms with Gasteiger partial charge in [0.1, 0.15) is 0 Å². The highest BCUT2D eigenvalue weighted by atomic mass is 35.5. The SMILES string of the molecule is CC[C@@H](C)Oc1cc2c(cc1OC)CC(=O)N(c1ccc(C(C)N3CCC(NC(C)=O)CC3)cc1)C2c1ccc(Cl)cc1. The number of hydrogen-bond donors (Lipinski definition) is 1. The number of fused-ring (bicyclic) bond motifs is 1. The van der Waals surface area contributed by atoms with Gasteiger partial charge in [-0.1, -0.05) is 42.8 Å². The van der Waals surface area contributed by atoms with E-state index < -0.39 is 0 Å². The molecule has 2 unspecified atom stereocenters. The summed E-state index contributed by atoms with van der Waals surface area (Å²) in [6.07, 6.45) is 3.04. The van der Waals surface area contributed by atoms with Gasteiger partial charge in [-0.25, -0.2) is 0 Å².